The molecular formula is C17H16ClN3S. The first kappa shape index (κ1) is 15.1. The van der Waals surface area contributed by atoms with Crippen LogP contribution in [0, 0.1) is 6.92 Å². The van der Waals surface area contributed by atoms with Gasteiger partial charge in [-0.1, -0.05) is 59.3 Å². The van der Waals surface area contributed by atoms with Crippen molar-refractivity contribution in [3.8, 4) is 11.4 Å². The van der Waals surface area contributed by atoms with Gasteiger partial charge in [0, 0.05) is 23.4 Å². The molecule has 0 amide bonds. The molecule has 0 fully saturated rings. The van der Waals surface area contributed by atoms with E-state index in [0.29, 0.717) is 0 Å². The third-order valence-corrected chi connectivity index (χ3v) is 4.69. The SMILES string of the molecule is Cc1cccc(-c2nnc(SCc3cccc(Cl)c3)n2C)c1. The van der Waals surface area contributed by atoms with Crippen molar-refractivity contribution in [2.45, 2.75) is 17.8 Å². The summed E-state index contributed by atoms with van der Waals surface area (Å²) >= 11 is 7.67. The maximum atomic E-state index is 6.01. The first-order valence-electron chi connectivity index (χ1n) is 6.97. The number of nitrogens with zero attached hydrogens (tertiary/aromatic N) is 3. The molecule has 1 aromatic heterocycles. The number of benzene rings is 2. The van der Waals surface area contributed by atoms with Crippen molar-refractivity contribution in [1.82, 2.24) is 14.8 Å². The molecule has 5 heteroatoms. The van der Waals surface area contributed by atoms with Gasteiger partial charge in [0.1, 0.15) is 0 Å². The van der Waals surface area contributed by atoms with Crippen LogP contribution >= 0.6 is 23.4 Å². The molecule has 0 unspecified atom stereocenters. The maximum Gasteiger partial charge on any atom is 0.191 e. The summed E-state index contributed by atoms with van der Waals surface area (Å²) in [7, 11) is 2.00. The standard InChI is InChI=1S/C17H16ClN3S/c1-12-5-3-7-14(9-12)16-19-20-17(21(16)2)22-11-13-6-4-8-15(18)10-13/h3-10H,11H2,1-2H3. The molecule has 0 aliphatic rings. The van der Waals surface area contributed by atoms with Gasteiger partial charge in [-0.05, 0) is 30.7 Å². The van der Waals surface area contributed by atoms with E-state index in [2.05, 4.69) is 41.4 Å². The normalized spacial score (nSPS) is 10.9. The van der Waals surface area contributed by atoms with Crippen LogP contribution in [0.3, 0.4) is 0 Å². The van der Waals surface area contributed by atoms with Crippen molar-refractivity contribution >= 4 is 23.4 Å². The van der Waals surface area contributed by atoms with Crippen LogP contribution in [0.1, 0.15) is 11.1 Å². The van der Waals surface area contributed by atoms with E-state index in [9.17, 15) is 0 Å². The minimum Gasteiger partial charge on any atom is -0.305 e. The molecule has 3 nitrogen and oxygen atoms in total. The average molecular weight is 330 g/mol. The second kappa shape index (κ2) is 6.55. The molecule has 3 aromatic rings. The molecule has 0 aliphatic heterocycles. The molecule has 2 aromatic carbocycles. The fraction of sp³-hybridized carbons (Fsp3) is 0.176. The molecule has 0 aliphatic carbocycles. The van der Waals surface area contributed by atoms with Crippen molar-refractivity contribution < 1.29 is 0 Å². The van der Waals surface area contributed by atoms with Gasteiger partial charge < -0.3 is 4.57 Å². The Kier molecular flexibility index (Phi) is 4.50. The van der Waals surface area contributed by atoms with Crippen molar-refractivity contribution in [3.05, 3.63) is 64.7 Å². The summed E-state index contributed by atoms with van der Waals surface area (Å²) < 4.78 is 2.03. The van der Waals surface area contributed by atoms with Crippen molar-refractivity contribution in [3.63, 3.8) is 0 Å². The Hall–Kier alpha value is -1.78. The van der Waals surface area contributed by atoms with Gasteiger partial charge in [-0.25, -0.2) is 0 Å². The van der Waals surface area contributed by atoms with Crippen LogP contribution < -0.4 is 0 Å². The van der Waals surface area contributed by atoms with Gasteiger partial charge in [-0.2, -0.15) is 0 Å². The zero-order valence-electron chi connectivity index (χ0n) is 12.5. The first-order valence-corrected chi connectivity index (χ1v) is 8.33. The number of aromatic nitrogens is 3. The molecule has 0 saturated heterocycles. The summed E-state index contributed by atoms with van der Waals surface area (Å²) in [5.74, 6) is 1.71. The van der Waals surface area contributed by atoms with E-state index >= 15 is 0 Å². The van der Waals surface area contributed by atoms with E-state index in [-0.39, 0.29) is 0 Å². The molecule has 112 valence electrons. The Bertz CT molecular complexity index is 798. The fourth-order valence-corrected chi connectivity index (χ4v) is 3.32. The molecule has 1 heterocycles. The highest BCUT2D eigenvalue weighted by Crippen LogP contribution is 2.26. The van der Waals surface area contributed by atoms with Crippen LogP contribution in [0.25, 0.3) is 11.4 Å². The smallest absolute Gasteiger partial charge is 0.191 e. The van der Waals surface area contributed by atoms with Crippen molar-refractivity contribution in [2.24, 2.45) is 7.05 Å². The highest BCUT2D eigenvalue weighted by molar-refractivity contribution is 7.98. The second-order valence-electron chi connectivity index (χ2n) is 5.15. The molecular weight excluding hydrogens is 314 g/mol. The van der Waals surface area contributed by atoms with E-state index in [1.807, 2.05) is 35.9 Å². The number of halogens is 1. The molecule has 0 N–H and O–H groups in total. The molecule has 3 rings (SSSR count). The highest BCUT2D eigenvalue weighted by atomic mass is 35.5. The van der Waals surface area contributed by atoms with E-state index in [4.69, 9.17) is 11.6 Å². The number of hydrogen-bond acceptors (Lipinski definition) is 3. The third kappa shape index (κ3) is 3.34. The van der Waals surface area contributed by atoms with Gasteiger partial charge in [-0.3, -0.25) is 0 Å². The zero-order valence-corrected chi connectivity index (χ0v) is 14.0. The lowest BCUT2D eigenvalue weighted by molar-refractivity contribution is 0.794. The van der Waals surface area contributed by atoms with Crippen LogP contribution in [0.2, 0.25) is 5.02 Å². The minimum absolute atomic E-state index is 0.761. The number of aryl methyl sites for hydroxylation is 1. The number of rotatable bonds is 4. The summed E-state index contributed by atoms with van der Waals surface area (Å²) in [4.78, 5) is 0. The van der Waals surface area contributed by atoms with Gasteiger partial charge in [0.05, 0.1) is 0 Å². The largest absolute Gasteiger partial charge is 0.305 e. The van der Waals surface area contributed by atoms with E-state index in [1.54, 1.807) is 11.8 Å². The summed E-state index contributed by atoms with van der Waals surface area (Å²) in [5.41, 5.74) is 3.48. The molecule has 0 radical (unpaired) electrons. The van der Waals surface area contributed by atoms with Crippen LogP contribution in [0.4, 0.5) is 0 Å². The Balaban J connectivity index is 1.79. The van der Waals surface area contributed by atoms with Crippen LogP contribution in [0.15, 0.2) is 53.7 Å². The predicted octanol–water partition coefficient (Wildman–Crippen LogP) is 4.74. The van der Waals surface area contributed by atoms with Gasteiger partial charge >= 0.3 is 0 Å². The van der Waals surface area contributed by atoms with Crippen LogP contribution in [-0.2, 0) is 12.8 Å². The molecule has 0 atom stereocenters. The molecule has 0 spiro atoms. The van der Waals surface area contributed by atoms with Gasteiger partial charge in [0.25, 0.3) is 0 Å². The quantitative estimate of drug-likeness (QED) is 0.648. The lowest BCUT2D eigenvalue weighted by atomic mass is 10.1. The number of thioether (sulfide) groups is 1. The first-order chi connectivity index (χ1) is 10.6. The van der Waals surface area contributed by atoms with Crippen molar-refractivity contribution in [2.75, 3.05) is 0 Å². The molecule has 22 heavy (non-hydrogen) atoms. The van der Waals surface area contributed by atoms with Gasteiger partial charge in [0.15, 0.2) is 11.0 Å². The monoisotopic (exact) mass is 329 g/mol. The van der Waals surface area contributed by atoms with Crippen LogP contribution in [0.5, 0.6) is 0 Å². The summed E-state index contributed by atoms with van der Waals surface area (Å²) in [6.45, 7) is 2.08. The Morgan fingerprint density at radius 1 is 1.09 bits per heavy atom. The highest BCUT2D eigenvalue weighted by Gasteiger charge is 2.11. The minimum atomic E-state index is 0.761. The van der Waals surface area contributed by atoms with Gasteiger partial charge in [0.2, 0.25) is 0 Å². The Morgan fingerprint density at radius 3 is 2.68 bits per heavy atom. The van der Waals surface area contributed by atoms with Gasteiger partial charge in [-0.15, -0.1) is 10.2 Å². The lowest BCUT2D eigenvalue weighted by Gasteiger charge is -2.05. The van der Waals surface area contributed by atoms with Crippen molar-refractivity contribution in [1.29, 1.82) is 0 Å². The van der Waals surface area contributed by atoms with E-state index in [0.717, 1.165) is 27.3 Å². The summed E-state index contributed by atoms with van der Waals surface area (Å²) in [6.07, 6.45) is 0. The number of hydrogen-bond donors (Lipinski definition) is 0. The summed E-state index contributed by atoms with van der Waals surface area (Å²) in [5, 5.41) is 10.3. The Labute approximate surface area is 139 Å². The predicted molar refractivity (Wildman–Crippen MR) is 92.2 cm³/mol. The Morgan fingerprint density at radius 2 is 1.91 bits per heavy atom. The third-order valence-electron chi connectivity index (χ3n) is 3.37. The molecule has 0 bridgehead atoms. The lowest BCUT2D eigenvalue weighted by Crippen LogP contribution is -1.95. The van der Waals surface area contributed by atoms with Crippen LogP contribution in [-0.4, -0.2) is 14.8 Å². The van der Waals surface area contributed by atoms with E-state index < -0.39 is 0 Å². The second-order valence-corrected chi connectivity index (χ2v) is 6.53. The zero-order chi connectivity index (χ0) is 15.5. The topological polar surface area (TPSA) is 30.7 Å². The van der Waals surface area contributed by atoms with E-state index in [1.165, 1.54) is 11.1 Å². The maximum absolute atomic E-state index is 6.01. The summed E-state index contributed by atoms with van der Waals surface area (Å²) in [6, 6.07) is 16.2. The average Bonchev–Trinajstić information content (AvgIpc) is 2.86. The molecule has 0 saturated carbocycles. The fourth-order valence-electron chi connectivity index (χ4n) is 2.25.